The van der Waals surface area contributed by atoms with Gasteiger partial charge in [-0.25, -0.2) is 0 Å². The van der Waals surface area contributed by atoms with E-state index >= 15 is 0 Å². The summed E-state index contributed by atoms with van der Waals surface area (Å²) in [5, 5.41) is 14.9. The Kier molecular flexibility index (Phi) is 3.73. The zero-order valence-electron chi connectivity index (χ0n) is 9.76. The highest BCUT2D eigenvalue weighted by Gasteiger charge is 1.99. The third-order valence-electron chi connectivity index (χ3n) is 2.55. The van der Waals surface area contributed by atoms with E-state index in [2.05, 4.69) is 29.4 Å². The molecule has 0 radical (unpaired) electrons. The minimum absolute atomic E-state index is 0.0193. The average Bonchev–Trinajstić information content (AvgIpc) is 2.38. The summed E-state index contributed by atoms with van der Waals surface area (Å²) >= 11 is 0. The van der Waals surface area contributed by atoms with Gasteiger partial charge in [0.15, 0.2) is 0 Å². The van der Waals surface area contributed by atoms with E-state index < -0.39 is 0 Å². The monoisotopic (exact) mass is 229 g/mol. The van der Waals surface area contributed by atoms with Gasteiger partial charge in [0.2, 0.25) is 0 Å². The van der Waals surface area contributed by atoms with E-state index in [-0.39, 0.29) is 13.2 Å². The van der Waals surface area contributed by atoms with Crippen LogP contribution in [0, 0.1) is 0 Å². The number of aliphatic hydroxyl groups is 1. The molecule has 88 valence electrons. The van der Waals surface area contributed by atoms with Gasteiger partial charge in [-0.15, -0.1) is 0 Å². The first-order valence-corrected chi connectivity index (χ1v) is 5.58. The Morgan fingerprint density at radius 3 is 2.71 bits per heavy atom. The van der Waals surface area contributed by atoms with Gasteiger partial charge in [0.1, 0.15) is 6.61 Å². The number of rotatable bonds is 4. The predicted molar refractivity (Wildman–Crippen MR) is 69.2 cm³/mol. The molecule has 0 bridgehead atoms. The van der Waals surface area contributed by atoms with Gasteiger partial charge in [0.25, 0.3) is 0 Å². The molecule has 3 nitrogen and oxygen atoms in total. The molecule has 1 N–H and O–H groups in total. The van der Waals surface area contributed by atoms with Crippen LogP contribution in [0.1, 0.15) is 12.5 Å². The van der Waals surface area contributed by atoms with E-state index in [4.69, 9.17) is 9.94 Å². The molecule has 17 heavy (non-hydrogen) atoms. The number of nitrogens with zero attached hydrogens (tertiary/aromatic N) is 1. The fourth-order valence-corrected chi connectivity index (χ4v) is 1.65. The number of hydrogen-bond donors (Lipinski definition) is 1. The van der Waals surface area contributed by atoms with Crippen molar-refractivity contribution in [1.29, 1.82) is 0 Å². The van der Waals surface area contributed by atoms with Gasteiger partial charge in [-0.2, -0.15) is 0 Å². The van der Waals surface area contributed by atoms with Gasteiger partial charge in [0.05, 0.1) is 12.3 Å². The highest BCUT2D eigenvalue weighted by Crippen LogP contribution is 2.16. The second kappa shape index (κ2) is 5.46. The van der Waals surface area contributed by atoms with Crippen LogP contribution in [-0.4, -0.2) is 24.0 Å². The topological polar surface area (TPSA) is 41.8 Å². The first kappa shape index (κ1) is 11.6. The second-order valence-corrected chi connectivity index (χ2v) is 3.80. The van der Waals surface area contributed by atoms with Crippen molar-refractivity contribution in [2.24, 2.45) is 5.16 Å². The number of hydrogen-bond acceptors (Lipinski definition) is 3. The average molecular weight is 229 g/mol. The van der Waals surface area contributed by atoms with E-state index in [1.807, 2.05) is 25.1 Å². The maximum Gasteiger partial charge on any atom is 0.140 e. The van der Waals surface area contributed by atoms with Crippen molar-refractivity contribution in [3.63, 3.8) is 0 Å². The minimum Gasteiger partial charge on any atom is -0.393 e. The largest absolute Gasteiger partial charge is 0.393 e. The molecule has 0 saturated heterocycles. The van der Waals surface area contributed by atoms with E-state index in [0.29, 0.717) is 0 Å². The van der Waals surface area contributed by atoms with Crippen LogP contribution < -0.4 is 0 Å². The molecular weight excluding hydrogens is 214 g/mol. The molecule has 0 heterocycles. The number of oxime groups is 1. The summed E-state index contributed by atoms with van der Waals surface area (Å²) in [4.78, 5) is 4.95. The quantitative estimate of drug-likeness (QED) is 0.497. The zero-order chi connectivity index (χ0) is 12.1. The maximum absolute atomic E-state index is 8.60. The second-order valence-electron chi connectivity index (χ2n) is 3.80. The fraction of sp³-hybridized carbons (Fsp3) is 0.214. The standard InChI is InChI=1S/C14H15NO2/c1-11(15-17-9-8-16)13-7-6-12-4-2-3-5-14(12)10-13/h2-7,10,16H,8-9H2,1H3. The Bertz CT molecular complexity index is 534. The van der Waals surface area contributed by atoms with Gasteiger partial charge < -0.3 is 9.94 Å². The lowest BCUT2D eigenvalue weighted by atomic mass is 10.0. The smallest absolute Gasteiger partial charge is 0.140 e. The Morgan fingerprint density at radius 1 is 1.18 bits per heavy atom. The fourth-order valence-electron chi connectivity index (χ4n) is 1.65. The molecule has 2 rings (SSSR count). The molecular formula is C14H15NO2. The summed E-state index contributed by atoms with van der Waals surface area (Å²) in [6, 6.07) is 14.3. The minimum atomic E-state index is -0.0193. The van der Waals surface area contributed by atoms with Crippen LogP contribution in [0.25, 0.3) is 10.8 Å². The molecule has 0 aliphatic rings. The van der Waals surface area contributed by atoms with E-state index in [1.54, 1.807) is 0 Å². The molecule has 0 amide bonds. The first-order valence-electron chi connectivity index (χ1n) is 5.58. The molecule has 0 unspecified atom stereocenters. The van der Waals surface area contributed by atoms with Gasteiger partial charge in [0, 0.05) is 0 Å². The summed E-state index contributed by atoms with van der Waals surface area (Å²) in [6.45, 7) is 2.10. The molecule has 0 saturated carbocycles. The number of fused-ring (bicyclic) bond motifs is 1. The van der Waals surface area contributed by atoms with E-state index in [9.17, 15) is 0 Å². The van der Waals surface area contributed by atoms with Crippen molar-refractivity contribution in [3.8, 4) is 0 Å². The molecule has 2 aromatic rings. The summed E-state index contributed by atoms with van der Waals surface area (Å²) in [5.41, 5.74) is 1.84. The third-order valence-corrected chi connectivity index (χ3v) is 2.55. The summed E-state index contributed by atoms with van der Waals surface area (Å²) in [5.74, 6) is 0. The first-order chi connectivity index (χ1) is 8.31. The molecule has 0 aliphatic heterocycles. The summed E-state index contributed by atoms with van der Waals surface area (Å²) < 4.78 is 0. The Balaban J connectivity index is 2.26. The Morgan fingerprint density at radius 2 is 1.94 bits per heavy atom. The van der Waals surface area contributed by atoms with E-state index in [1.165, 1.54) is 10.8 Å². The van der Waals surface area contributed by atoms with E-state index in [0.717, 1.165) is 11.3 Å². The highest BCUT2D eigenvalue weighted by atomic mass is 16.6. The van der Waals surface area contributed by atoms with Crippen LogP contribution in [0.2, 0.25) is 0 Å². The van der Waals surface area contributed by atoms with Crippen LogP contribution in [0.5, 0.6) is 0 Å². The Labute approximate surface area is 100 Å². The van der Waals surface area contributed by atoms with Crippen molar-refractivity contribution in [2.45, 2.75) is 6.92 Å². The lowest BCUT2D eigenvalue weighted by molar-refractivity contribution is 0.0986. The van der Waals surface area contributed by atoms with Crippen molar-refractivity contribution in [3.05, 3.63) is 48.0 Å². The van der Waals surface area contributed by atoms with Gasteiger partial charge in [-0.1, -0.05) is 41.6 Å². The maximum atomic E-state index is 8.60. The molecule has 0 aromatic heterocycles. The van der Waals surface area contributed by atoms with Gasteiger partial charge in [-0.3, -0.25) is 0 Å². The summed E-state index contributed by atoms with van der Waals surface area (Å²) in [6.07, 6.45) is 0. The van der Waals surface area contributed by atoms with Crippen LogP contribution in [0.15, 0.2) is 47.6 Å². The normalized spacial score (nSPS) is 11.8. The van der Waals surface area contributed by atoms with Crippen molar-refractivity contribution in [1.82, 2.24) is 0 Å². The molecule has 0 fully saturated rings. The lowest BCUT2D eigenvalue weighted by Crippen LogP contribution is -1.99. The van der Waals surface area contributed by atoms with Gasteiger partial charge >= 0.3 is 0 Å². The van der Waals surface area contributed by atoms with Crippen molar-refractivity contribution >= 4 is 16.5 Å². The van der Waals surface area contributed by atoms with Crippen LogP contribution in [0.4, 0.5) is 0 Å². The molecule has 0 aliphatic carbocycles. The zero-order valence-corrected chi connectivity index (χ0v) is 9.76. The summed E-state index contributed by atoms with van der Waals surface area (Å²) in [7, 11) is 0. The highest BCUT2D eigenvalue weighted by molar-refractivity contribution is 6.01. The molecule has 0 atom stereocenters. The molecule has 2 aromatic carbocycles. The molecule has 0 spiro atoms. The Hall–Kier alpha value is -1.87. The van der Waals surface area contributed by atoms with Crippen LogP contribution >= 0.6 is 0 Å². The number of benzene rings is 2. The van der Waals surface area contributed by atoms with Gasteiger partial charge in [-0.05, 0) is 29.3 Å². The van der Waals surface area contributed by atoms with Crippen LogP contribution in [0.3, 0.4) is 0 Å². The predicted octanol–water partition coefficient (Wildman–Crippen LogP) is 2.57. The number of aliphatic hydroxyl groups excluding tert-OH is 1. The lowest BCUT2D eigenvalue weighted by Gasteiger charge is -2.03. The third kappa shape index (κ3) is 2.82. The van der Waals surface area contributed by atoms with Crippen LogP contribution in [-0.2, 0) is 4.84 Å². The van der Waals surface area contributed by atoms with Crippen molar-refractivity contribution < 1.29 is 9.94 Å². The molecule has 3 heteroatoms. The van der Waals surface area contributed by atoms with Crippen molar-refractivity contribution in [2.75, 3.05) is 13.2 Å². The SMILES string of the molecule is CC(=NOCCO)c1ccc2ccccc2c1.